The van der Waals surface area contributed by atoms with Crippen molar-refractivity contribution in [2.75, 3.05) is 6.61 Å². The van der Waals surface area contributed by atoms with E-state index < -0.39 is 71.1 Å². The van der Waals surface area contributed by atoms with E-state index in [1.807, 2.05) is 13.0 Å². The van der Waals surface area contributed by atoms with E-state index in [2.05, 4.69) is 6.58 Å². The first kappa shape index (κ1) is 28.6. The molecule has 1 unspecified atom stereocenters. The molecule has 9 heteroatoms. The van der Waals surface area contributed by atoms with Gasteiger partial charge in [-0.1, -0.05) is 31.7 Å². The summed E-state index contributed by atoms with van der Waals surface area (Å²) in [7, 11) is 0. The molecule has 41 heavy (non-hydrogen) atoms. The van der Waals surface area contributed by atoms with Crippen LogP contribution >= 0.6 is 0 Å². The van der Waals surface area contributed by atoms with Crippen LogP contribution in [0.15, 0.2) is 54.1 Å². The summed E-state index contributed by atoms with van der Waals surface area (Å²) in [5.74, 6) is -1.54. The van der Waals surface area contributed by atoms with Gasteiger partial charge < -0.3 is 33.9 Å². The van der Waals surface area contributed by atoms with Gasteiger partial charge in [-0.2, -0.15) is 0 Å². The molecule has 0 bridgehead atoms. The van der Waals surface area contributed by atoms with Crippen LogP contribution in [0.25, 0.3) is 0 Å². The Morgan fingerprint density at radius 1 is 1.17 bits per heavy atom. The van der Waals surface area contributed by atoms with E-state index in [-0.39, 0.29) is 18.4 Å². The fraction of sp³-hybridized carbons (Fsp3) is 0.625. The highest BCUT2D eigenvalue weighted by Crippen LogP contribution is 2.68. The summed E-state index contributed by atoms with van der Waals surface area (Å²) in [6.07, 6.45) is -2.71. The Kier molecular flexibility index (Phi) is 6.78. The molecule has 2 N–H and O–H groups in total. The van der Waals surface area contributed by atoms with Crippen molar-refractivity contribution < 1.29 is 43.5 Å². The molecule has 2 saturated carbocycles. The lowest BCUT2D eigenvalue weighted by Gasteiger charge is -2.63. The molecule has 9 nitrogen and oxygen atoms in total. The summed E-state index contributed by atoms with van der Waals surface area (Å²) < 4.78 is 31.8. The Hall–Kier alpha value is -2.56. The van der Waals surface area contributed by atoms with Crippen LogP contribution in [0.4, 0.5) is 0 Å². The zero-order chi connectivity index (χ0) is 29.5. The van der Waals surface area contributed by atoms with Crippen LogP contribution in [0.5, 0.6) is 0 Å². The second-order valence-electron chi connectivity index (χ2n) is 13.0. The third-order valence-electron chi connectivity index (χ3n) is 10.6. The largest absolute Gasteiger partial charge is 0.457 e. The number of ether oxygens (including phenoxy) is 5. The SMILES string of the molecule is C=C[C@@H]1O[C@H]2C[C@H]3OC[C@H]3[C@H]3[C@H](OC(=O)c4ccccc4)C4(C(C)(C)O)C[C@H](O)C(C)=C4[C@H](OC(C)=O)[C@H](O1)[C@@]32C. The molecular formula is C32H40O9. The molecule has 1 aromatic carbocycles. The van der Waals surface area contributed by atoms with Gasteiger partial charge in [0, 0.05) is 30.6 Å². The van der Waals surface area contributed by atoms with Crippen LogP contribution in [0.1, 0.15) is 57.8 Å². The average Bonchev–Trinajstić information content (AvgIpc) is 3.14. The molecular weight excluding hydrogens is 528 g/mol. The normalized spacial score (nSPS) is 43.0. The predicted molar refractivity (Wildman–Crippen MR) is 146 cm³/mol. The summed E-state index contributed by atoms with van der Waals surface area (Å²) in [5.41, 5.74) is -2.17. The van der Waals surface area contributed by atoms with Gasteiger partial charge in [0.2, 0.25) is 0 Å². The zero-order valence-electron chi connectivity index (χ0n) is 24.2. The highest BCUT2D eigenvalue weighted by Gasteiger charge is 2.75. The number of esters is 2. The monoisotopic (exact) mass is 568 g/mol. The van der Waals surface area contributed by atoms with Crippen molar-refractivity contribution in [3.05, 3.63) is 59.7 Å². The number of aliphatic hydroxyl groups excluding tert-OH is 1. The topological polar surface area (TPSA) is 121 Å². The number of carbonyl (C=O) groups excluding carboxylic acids is 2. The van der Waals surface area contributed by atoms with E-state index in [0.717, 1.165) is 0 Å². The maximum Gasteiger partial charge on any atom is 0.338 e. The molecule has 0 radical (unpaired) electrons. The van der Waals surface area contributed by atoms with Crippen molar-refractivity contribution in [2.24, 2.45) is 22.7 Å². The van der Waals surface area contributed by atoms with E-state index in [0.29, 0.717) is 29.7 Å². The molecule has 2 saturated heterocycles. The first-order chi connectivity index (χ1) is 19.3. The molecule has 222 valence electrons. The number of hydrogen-bond acceptors (Lipinski definition) is 9. The van der Waals surface area contributed by atoms with Gasteiger partial charge >= 0.3 is 11.9 Å². The molecule has 11 atom stereocenters. The number of aliphatic hydroxyl groups is 2. The summed E-state index contributed by atoms with van der Waals surface area (Å²) in [5, 5.41) is 23.6. The predicted octanol–water partition coefficient (Wildman–Crippen LogP) is 3.33. The van der Waals surface area contributed by atoms with Gasteiger partial charge in [0.05, 0.1) is 41.5 Å². The van der Waals surface area contributed by atoms with Crippen LogP contribution in [-0.2, 0) is 28.5 Å². The van der Waals surface area contributed by atoms with E-state index in [9.17, 15) is 19.8 Å². The van der Waals surface area contributed by atoms with Gasteiger partial charge in [0.1, 0.15) is 12.2 Å². The molecule has 3 aliphatic carbocycles. The summed E-state index contributed by atoms with van der Waals surface area (Å²) >= 11 is 0. The van der Waals surface area contributed by atoms with Gasteiger partial charge in [0.15, 0.2) is 12.4 Å². The van der Waals surface area contributed by atoms with Crippen molar-refractivity contribution in [3.63, 3.8) is 0 Å². The third-order valence-corrected chi connectivity index (χ3v) is 10.6. The molecule has 6 rings (SSSR count). The second kappa shape index (κ2) is 9.74. The van der Waals surface area contributed by atoms with Crippen LogP contribution in [0.2, 0.25) is 0 Å². The molecule has 2 heterocycles. The zero-order valence-corrected chi connectivity index (χ0v) is 24.2. The summed E-state index contributed by atoms with van der Waals surface area (Å²) in [6.45, 7) is 12.8. The average molecular weight is 569 g/mol. The van der Waals surface area contributed by atoms with Crippen LogP contribution in [-0.4, -0.2) is 77.3 Å². The van der Waals surface area contributed by atoms with Gasteiger partial charge in [-0.05, 0) is 56.5 Å². The van der Waals surface area contributed by atoms with Crippen molar-refractivity contribution >= 4 is 11.9 Å². The Labute approximate surface area is 240 Å². The van der Waals surface area contributed by atoms with Gasteiger partial charge in [-0.15, -0.1) is 0 Å². The number of fused-ring (bicyclic) bond motifs is 3. The van der Waals surface area contributed by atoms with E-state index in [1.165, 1.54) is 6.92 Å². The van der Waals surface area contributed by atoms with Crippen LogP contribution in [0, 0.1) is 22.7 Å². The van der Waals surface area contributed by atoms with E-state index in [4.69, 9.17) is 23.7 Å². The fourth-order valence-electron chi connectivity index (χ4n) is 8.64. The quantitative estimate of drug-likeness (QED) is 0.407. The van der Waals surface area contributed by atoms with Crippen molar-refractivity contribution in [1.29, 1.82) is 0 Å². The lowest BCUT2D eigenvalue weighted by Crippen LogP contribution is -2.71. The molecule has 2 aliphatic heterocycles. The van der Waals surface area contributed by atoms with E-state index in [1.54, 1.807) is 51.1 Å². The summed E-state index contributed by atoms with van der Waals surface area (Å²) in [6, 6.07) is 8.73. The number of hydrogen-bond donors (Lipinski definition) is 2. The molecule has 4 fully saturated rings. The van der Waals surface area contributed by atoms with Crippen molar-refractivity contribution in [3.8, 4) is 0 Å². The first-order valence-electron chi connectivity index (χ1n) is 14.4. The lowest BCUT2D eigenvalue weighted by atomic mass is 9.51. The second-order valence-corrected chi connectivity index (χ2v) is 13.0. The lowest BCUT2D eigenvalue weighted by molar-refractivity contribution is -0.354. The van der Waals surface area contributed by atoms with Gasteiger partial charge in [-0.3, -0.25) is 4.79 Å². The molecule has 0 spiro atoms. The maximum absolute atomic E-state index is 13.9. The summed E-state index contributed by atoms with van der Waals surface area (Å²) in [4.78, 5) is 26.6. The maximum atomic E-state index is 13.9. The van der Waals surface area contributed by atoms with E-state index >= 15 is 0 Å². The minimum absolute atomic E-state index is 0.0468. The molecule has 5 aliphatic rings. The minimum atomic E-state index is -1.52. The number of rotatable bonds is 5. The number of carbonyl (C=O) groups is 2. The highest BCUT2D eigenvalue weighted by atomic mass is 16.7. The minimum Gasteiger partial charge on any atom is -0.457 e. The number of benzene rings is 1. The Bertz CT molecular complexity index is 1270. The van der Waals surface area contributed by atoms with Crippen molar-refractivity contribution in [1.82, 2.24) is 0 Å². The Morgan fingerprint density at radius 2 is 1.88 bits per heavy atom. The Balaban J connectivity index is 1.64. The van der Waals surface area contributed by atoms with Gasteiger partial charge in [-0.25, -0.2) is 4.79 Å². The smallest absolute Gasteiger partial charge is 0.338 e. The van der Waals surface area contributed by atoms with Crippen LogP contribution in [0.3, 0.4) is 0 Å². The molecule has 0 amide bonds. The van der Waals surface area contributed by atoms with Crippen LogP contribution < -0.4 is 0 Å². The van der Waals surface area contributed by atoms with Crippen molar-refractivity contribution in [2.45, 2.75) is 96.0 Å². The molecule has 1 aromatic rings. The standard InChI is InChI=1S/C32H40O9/c1-7-23-39-22-13-21-19(15-37-21)25-27(41-29(35)18-11-9-8-10-12-18)32(30(4,5)36)14-20(34)16(2)24(32)26(38-17(3)33)28(40-23)31(22,25)6/h7-12,19-23,25-28,34,36H,1,13-15H2,2-6H3/t19-,20+,21-,22+,23-,25+,26+,27+,28+,31-,32?/m1/s1. The Morgan fingerprint density at radius 3 is 2.46 bits per heavy atom. The fourth-order valence-corrected chi connectivity index (χ4v) is 8.64. The highest BCUT2D eigenvalue weighted by molar-refractivity contribution is 5.89. The third kappa shape index (κ3) is 4.00. The first-order valence-corrected chi connectivity index (χ1v) is 14.4. The molecule has 0 aromatic heterocycles. The van der Waals surface area contributed by atoms with Gasteiger partial charge in [0.25, 0.3) is 0 Å².